The summed E-state index contributed by atoms with van der Waals surface area (Å²) in [6, 6.07) is 4.40. The highest BCUT2D eigenvalue weighted by atomic mass is 35.5. The van der Waals surface area contributed by atoms with Crippen molar-refractivity contribution in [1.29, 1.82) is 0 Å². The Morgan fingerprint density at radius 3 is 2.58 bits per heavy atom. The van der Waals surface area contributed by atoms with Crippen LogP contribution in [-0.4, -0.2) is 27.8 Å². The van der Waals surface area contributed by atoms with E-state index in [1.807, 2.05) is 6.92 Å². The molecule has 0 aliphatic rings. The van der Waals surface area contributed by atoms with Gasteiger partial charge in [0.2, 0.25) is 0 Å². The average Bonchev–Trinajstić information content (AvgIpc) is 2.76. The molecule has 0 saturated heterocycles. The molecule has 0 saturated carbocycles. The third-order valence-electron chi connectivity index (χ3n) is 3.64. The number of aromatic nitrogens is 2. The summed E-state index contributed by atoms with van der Waals surface area (Å²) >= 11 is 5.81. The second-order valence-corrected chi connectivity index (χ2v) is 5.85. The van der Waals surface area contributed by atoms with Gasteiger partial charge in [-0.15, -0.1) is 0 Å². The van der Waals surface area contributed by atoms with Crippen molar-refractivity contribution in [2.75, 3.05) is 11.1 Å². The Bertz CT molecular complexity index is 801. The van der Waals surface area contributed by atoms with Crippen LogP contribution < -0.4 is 11.1 Å². The molecule has 1 aromatic carbocycles. The molecule has 1 atom stereocenters. The van der Waals surface area contributed by atoms with Gasteiger partial charge in [0.15, 0.2) is 6.10 Å². The maximum atomic E-state index is 12.2. The SMILES string of the molecule is Cc1nn(C)c(C)c1NC(=O)[C@@H](C)OC(=O)c1ccc(Cl)c(N)c1. The molecular weight excluding hydrogens is 332 g/mol. The minimum atomic E-state index is -0.978. The monoisotopic (exact) mass is 350 g/mol. The third-order valence-corrected chi connectivity index (χ3v) is 3.99. The van der Waals surface area contributed by atoms with E-state index >= 15 is 0 Å². The van der Waals surface area contributed by atoms with E-state index in [1.54, 1.807) is 18.7 Å². The number of hydrogen-bond acceptors (Lipinski definition) is 5. The number of rotatable bonds is 4. The van der Waals surface area contributed by atoms with Crippen molar-refractivity contribution in [1.82, 2.24) is 9.78 Å². The second kappa shape index (κ2) is 6.92. The molecule has 0 fully saturated rings. The van der Waals surface area contributed by atoms with Gasteiger partial charge in [-0.2, -0.15) is 5.10 Å². The fourth-order valence-electron chi connectivity index (χ4n) is 2.13. The molecule has 0 aliphatic carbocycles. The Kier molecular flexibility index (Phi) is 5.14. The molecule has 2 aromatic rings. The van der Waals surface area contributed by atoms with Crippen LogP contribution in [0, 0.1) is 13.8 Å². The Morgan fingerprint density at radius 2 is 2.04 bits per heavy atom. The molecule has 1 aromatic heterocycles. The summed E-state index contributed by atoms with van der Waals surface area (Å²) in [5.74, 6) is -1.09. The zero-order valence-corrected chi connectivity index (χ0v) is 14.6. The number of hydrogen-bond donors (Lipinski definition) is 2. The molecule has 8 heteroatoms. The van der Waals surface area contributed by atoms with Gasteiger partial charge < -0.3 is 15.8 Å². The number of nitrogens with two attached hydrogens (primary N) is 1. The van der Waals surface area contributed by atoms with Crippen LogP contribution in [0.1, 0.15) is 28.7 Å². The lowest BCUT2D eigenvalue weighted by Gasteiger charge is -2.14. The van der Waals surface area contributed by atoms with E-state index in [0.29, 0.717) is 16.4 Å². The molecule has 0 aliphatic heterocycles. The number of carbonyl (C=O) groups excluding carboxylic acids is 2. The fourth-order valence-corrected chi connectivity index (χ4v) is 2.25. The Labute approximate surface area is 144 Å². The quantitative estimate of drug-likeness (QED) is 0.651. The first-order valence-corrected chi connectivity index (χ1v) is 7.65. The van der Waals surface area contributed by atoms with Crippen molar-refractivity contribution in [3.63, 3.8) is 0 Å². The summed E-state index contributed by atoms with van der Waals surface area (Å²) in [4.78, 5) is 24.3. The first-order chi connectivity index (χ1) is 11.2. The van der Waals surface area contributed by atoms with Gasteiger partial charge in [0, 0.05) is 7.05 Å². The van der Waals surface area contributed by atoms with Crippen molar-refractivity contribution in [3.05, 3.63) is 40.2 Å². The van der Waals surface area contributed by atoms with Crippen LogP contribution in [0.2, 0.25) is 5.02 Å². The number of anilines is 2. The number of halogens is 1. The van der Waals surface area contributed by atoms with E-state index in [9.17, 15) is 9.59 Å². The number of carbonyl (C=O) groups is 2. The van der Waals surface area contributed by atoms with Crippen LogP contribution in [0.4, 0.5) is 11.4 Å². The minimum Gasteiger partial charge on any atom is -0.449 e. The third kappa shape index (κ3) is 3.68. The topological polar surface area (TPSA) is 99.2 Å². The van der Waals surface area contributed by atoms with E-state index < -0.39 is 18.0 Å². The van der Waals surface area contributed by atoms with Crippen molar-refractivity contribution in [2.24, 2.45) is 7.05 Å². The Morgan fingerprint density at radius 1 is 1.38 bits per heavy atom. The highest BCUT2D eigenvalue weighted by Crippen LogP contribution is 2.21. The van der Waals surface area contributed by atoms with Gasteiger partial charge in [0.05, 0.1) is 33.3 Å². The van der Waals surface area contributed by atoms with E-state index in [4.69, 9.17) is 22.1 Å². The maximum absolute atomic E-state index is 12.2. The highest BCUT2D eigenvalue weighted by Gasteiger charge is 2.21. The summed E-state index contributed by atoms with van der Waals surface area (Å²) in [6.45, 7) is 5.12. The summed E-state index contributed by atoms with van der Waals surface area (Å²) in [7, 11) is 1.78. The van der Waals surface area contributed by atoms with Crippen molar-refractivity contribution in [2.45, 2.75) is 26.9 Å². The van der Waals surface area contributed by atoms with Crippen molar-refractivity contribution < 1.29 is 14.3 Å². The maximum Gasteiger partial charge on any atom is 0.338 e. The van der Waals surface area contributed by atoms with Gasteiger partial charge in [-0.3, -0.25) is 9.48 Å². The predicted octanol–water partition coefficient (Wildman–Crippen LogP) is 2.46. The smallest absolute Gasteiger partial charge is 0.338 e. The van der Waals surface area contributed by atoms with E-state index in [1.165, 1.54) is 25.1 Å². The molecule has 0 spiro atoms. The van der Waals surface area contributed by atoms with Crippen LogP contribution >= 0.6 is 11.6 Å². The first-order valence-electron chi connectivity index (χ1n) is 7.27. The average molecular weight is 351 g/mol. The van der Waals surface area contributed by atoms with Gasteiger partial charge in [-0.1, -0.05) is 11.6 Å². The number of esters is 1. The van der Waals surface area contributed by atoms with Crippen LogP contribution in [0.25, 0.3) is 0 Å². The van der Waals surface area contributed by atoms with Gasteiger partial charge in [0.1, 0.15) is 0 Å². The minimum absolute atomic E-state index is 0.227. The van der Waals surface area contributed by atoms with Gasteiger partial charge in [-0.25, -0.2) is 4.79 Å². The summed E-state index contributed by atoms with van der Waals surface area (Å²) in [5.41, 5.74) is 8.26. The predicted molar refractivity (Wildman–Crippen MR) is 92.1 cm³/mol. The normalized spacial score (nSPS) is 11.9. The van der Waals surface area contributed by atoms with E-state index in [2.05, 4.69) is 10.4 Å². The zero-order chi connectivity index (χ0) is 18.0. The fraction of sp³-hybridized carbons (Fsp3) is 0.312. The summed E-state index contributed by atoms with van der Waals surface area (Å²) in [5, 5.41) is 7.30. The van der Waals surface area contributed by atoms with E-state index in [0.717, 1.165) is 5.69 Å². The van der Waals surface area contributed by atoms with Crippen LogP contribution in [0.15, 0.2) is 18.2 Å². The van der Waals surface area contributed by atoms with Gasteiger partial charge in [0.25, 0.3) is 5.91 Å². The second-order valence-electron chi connectivity index (χ2n) is 5.44. The van der Waals surface area contributed by atoms with Gasteiger partial charge in [-0.05, 0) is 39.0 Å². The number of benzene rings is 1. The van der Waals surface area contributed by atoms with E-state index in [-0.39, 0.29) is 11.3 Å². The number of ether oxygens (including phenoxy) is 1. The molecule has 24 heavy (non-hydrogen) atoms. The Balaban J connectivity index is 2.05. The molecule has 1 heterocycles. The number of nitrogens with zero attached hydrogens (tertiary/aromatic N) is 2. The number of nitrogen functional groups attached to an aromatic ring is 1. The molecule has 0 unspecified atom stereocenters. The van der Waals surface area contributed by atoms with Gasteiger partial charge >= 0.3 is 5.97 Å². The molecule has 0 bridgehead atoms. The molecule has 2 rings (SSSR count). The molecular formula is C16H19ClN4O3. The lowest BCUT2D eigenvalue weighted by Crippen LogP contribution is -2.30. The van der Waals surface area contributed by atoms with Crippen molar-refractivity contribution in [3.8, 4) is 0 Å². The molecule has 128 valence electrons. The Hall–Kier alpha value is -2.54. The number of amides is 1. The highest BCUT2D eigenvalue weighted by molar-refractivity contribution is 6.33. The van der Waals surface area contributed by atoms with Crippen LogP contribution in [0.3, 0.4) is 0 Å². The number of aryl methyl sites for hydroxylation is 2. The largest absolute Gasteiger partial charge is 0.449 e. The zero-order valence-electron chi connectivity index (χ0n) is 13.9. The summed E-state index contributed by atoms with van der Waals surface area (Å²) < 4.78 is 6.84. The summed E-state index contributed by atoms with van der Waals surface area (Å²) in [6.07, 6.45) is -0.978. The molecule has 7 nitrogen and oxygen atoms in total. The van der Waals surface area contributed by atoms with Crippen molar-refractivity contribution >= 4 is 34.9 Å². The standard InChI is InChI=1S/C16H19ClN4O3/c1-8-14(9(2)21(4)20-8)19-15(22)10(3)24-16(23)11-5-6-12(17)13(18)7-11/h5-7,10H,18H2,1-4H3,(H,19,22)/t10-/m1/s1. The molecule has 1 amide bonds. The van der Waals surface area contributed by atoms with Crippen LogP contribution in [-0.2, 0) is 16.6 Å². The first kappa shape index (κ1) is 17.8. The number of nitrogens with one attached hydrogen (secondary N) is 1. The lowest BCUT2D eigenvalue weighted by atomic mass is 10.2. The molecule has 0 radical (unpaired) electrons. The molecule has 3 N–H and O–H groups in total. The van der Waals surface area contributed by atoms with Crippen LogP contribution in [0.5, 0.6) is 0 Å². The lowest BCUT2D eigenvalue weighted by molar-refractivity contribution is -0.123.